The number of aromatic nitrogens is 1. The molecule has 0 radical (unpaired) electrons. The molecule has 0 bridgehead atoms. The maximum Gasteiger partial charge on any atom is 0.269 e. The molecule has 0 saturated heterocycles. The van der Waals surface area contributed by atoms with E-state index in [0.29, 0.717) is 34.2 Å². The number of halogens is 3. The van der Waals surface area contributed by atoms with E-state index in [1.165, 1.54) is 6.07 Å². The van der Waals surface area contributed by atoms with Gasteiger partial charge >= 0.3 is 0 Å². The molecule has 1 aliphatic heterocycles. The van der Waals surface area contributed by atoms with Gasteiger partial charge in [-0.25, -0.2) is 14.4 Å². The summed E-state index contributed by atoms with van der Waals surface area (Å²) in [5.74, 6) is -2.75. The average molecular weight is 600 g/mol. The van der Waals surface area contributed by atoms with Crippen LogP contribution in [0.5, 0.6) is 11.6 Å². The molecule has 41 heavy (non-hydrogen) atoms. The van der Waals surface area contributed by atoms with Gasteiger partial charge in [-0.15, -0.1) is 0 Å². The molecule has 1 saturated carbocycles. The molecular formula is C28H24Cl2FN5O5. The molecule has 13 heteroatoms. The number of hydrogen-bond donors (Lipinski definition) is 3. The van der Waals surface area contributed by atoms with Crippen LogP contribution < -0.4 is 25.4 Å². The van der Waals surface area contributed by atoms with Crippen LogP contribution in [0.15, 0.2) is 53.7 Å². The second kappa shape index (κ2) is 12.1. The summed E-state index contributed by atoms with van der Waals surface area (Å²) in [5, 5.41) is 8.55. The molecule has 5 rings (SSSR count). The van der Waals surface area contributed by atoms with Crippen LogP contribution in [0.25, 0.3) is 0 Å². The van der Waals surface area contributed by atoms with Gasteiger partial charge in [0.25, 0.3) is 17.7 Å². The summed E-state index contributed by atoms with van der Waals surface area (Å²) in [7, 11) is 0. The summed E-state index contributed by atoms with van der Waals surface area (Å²) in [6.45, 7) is 1.66. The zero-order valence-electron chi connectivity index (χ0n) is 21.7. The van der Waals surface area contributed by atoms with Gasteiger partial charge in [-0.3, -0.25) is 14.4 Å². The summed E-state index contributed by atoms with van der Waals surface area (Å²) in [6, 6.07) is 11.0. The number of pyridine rings is 1. The summed E-state index contributed by atoms with van der Waals surface area (Å²) in [5.41, 5.74) is 1.22. The van der Waals surface area contributed by atoms with Crippen molar-refractivity contribution in [3.63, 3.8) is 0 Å². The third-order valence-electron chi connectivity index (χ3n) is 6.11. The number of rotatable bonds is 9. The zero-order chi connectivity index (χ0) is 29.1. The van der Waals surface area contributed by atoms with E-state index in [1.54, 1.807) is 37.3 Å². The molecular weight excluding hydrogens is 576 g/mol. The summed E-state index contributed by atoms with van der Waals surface area (Å²) in [4.78, 5) is 47.1. The molecule has 1 aliphatic carbocycles. The minimum absolute atomic E-state index is 0.109. The third kappa shape index (κ3) is 6.58. The number of hydrogen-bond acceptors (Lipinski definition) is 7. The largest absolute Gasteiger partial charge is 0.493 e. The van der Waals surface area contributed by atoms with E-state index in [-0.39, 0.29) is 28.2 Å². The Bertz CT molecular complexity index is 1560. The first-order chi connectivity index (χ1) is 19.7. The number of para-hydroxylation sites is 1. The molecule has 0 spiro atoms. The van der Waals surface area contributed by atoms with Crippen LogP contribution in [-0.2, 0) is 9.59 Å². The van der Waals surface area contributed by atoms with Crippen LogP contribution in [0.4, 0.5) is 10.1 Å². The lowest BCUT2D eigenvalue weighted by Gasteiger charge is -2.17. The molecule has 1 aromatic heterocycles. The van der Waals surface area contributed by atoms with Crippen LogP contribution in [0.2, 0.25) is 10.0 Å². The van der Waals surface area contributed by atoms with Crippen molar-refractivity contribution in [1.29, 1.82) is 0 Å². The normalized spacial score (nSPS) is 16.0. The Balaban J connectivity index is 1.49. The maximum atomic E-state index is 14.1. The van der Waals surface area contributed by atoms with Crippen LogP contribution in [0, 0.1) is 5.82 Å². The van der Waals surface area contributed by atoms with E-state index in [4.69, 9.17) is 32.7 Å². The number of nitrogens with one attached hydrogen (secondary N) is 3. The Morgan fingerprint density at radius 1 is 1.12 bits per heavy atom. The summed E-state index contributed by atoms with van der Waals surface area (Å²) >= 11 is 12.8. The fourth-order valence-electron chi connectivity index (χ4n) is 4.14. The standard InChI is InChI=1S/C28H24Cl2FN5O5/c1-2-40-21-10-14(29)9-19(30)23(21)24-17-5-3-4-6-20(17)34-27(39)25(35-24)36-26(38)18-11-15(31)12-32-28(18)41-13-22(37)33-16-7-8-16/h3-6,9-12,16,25H,2,7-8,13H2,1H3,(H,33,37)(H,34,39)(H,36,38)/t25-/m1/s1. The number of anilines is 1. The van der Waals surface area contributed by atoms with E-state index < -0.39 is 36.3 Å². The van der Waals surface area contributed by atoms with E-state index in [9.17, 15) is 18.8 Å². The molecule has 1 atom stereocenters. The molecule has 3 amide bonds. The number of benzodiazepines with no additional fused rings is 1. The van der Waals surface area contributed by atoms with Crippen LogP contribution in [0.1, 0.15) is 41.3 Å². The number of fused-ring (bicyclic) bond motifs is 1. The van der Waals surface area contributed by atoms with Gasteiger partial charge in [-0.05, 0) is 44.0 Å². The molecule has 212 valence electrons. The van der Waals surface area contributed by atoms with Gasteiger partial charge in [-0.2, -0.15) is 0 Å². The first-order valence-corrected chi connectivity index (χ1v) is 13.5. The van der Waals surface area contributed by atoms with Gasteiger partial charge in [0, 0.05) is 16.6 Å². The second-order valence-electron chi connectivity index (χ2n) is 9.22. The van der Waals surface area contributed by atoms with Crippen molar-refractivity contribution in [2.45, 2.75) is 32.0 Å². The highest BCUT2D eigenvalue weighted by Gasteiger charge is 2.31. The fraction of sp³-hybridized carbons (Fsp3) is 0.250. The number of carbonyl (C=O) groups is 3. The highest BCUT2D eigenvalue weighted by atomic mass is 35.5. The molecule has 3 N–H and O–H groups in total. The van der Waals surface area contributed by atoms with Crippen LogP contribution in [0.3, 0.4) is 0 Å². The van der Waals surface area contributed by atoms with Crippen molar-refractivity contribution in [2.24, 2.45) is 4.99 Å². The van der Waals surface area contributed by atoms with Gasteiger partial charge in [0.05, 0.1) is 34.8 Å². The molecule has 2 heterocycles. The molecule has 1 fully saturated rings. The average Bonchev–Trinajstić information content (AvgIpc) is 3.76. The van der Waals surface area contributed by atoms with Gasteiger partial charge in [-0.1, -0.05) is 41.4 Å². The van der Waals surface area contributed by atoms with E-state index in [0.717, 1.165) is 25.1 Å². The zero-order valence-corrected chi connectivity index (χ0v) is 23.2. The summed E-state index contributed by atoms with van der Waals surface area (Å²) in [6.07, 6.45) is 1.14. The highest BCUT2D eigenvalue weighted by molar-refractivity contribution is 6.39. The lowest BCUT2D eigenvalue weighted by atomic mass is 9.99. The lowest BCUT2D eigenvalue weighted by Crippen LogP contribution is -2.42. The Hall–Kier alpha value is -4.22. The Morgan fingerprint density at radius 2 is 1.90 bits per heavy atom. The smallest absolute Gasteiger partial charge is 0.269 e. The van der Waals surface area contributed by atoms with Gasteiger partial charge in [0.2, 0.25) is 12.0 Å². The molecule has 0 unspecified atom stereocenters. The third-order valence-corrected chi connectivity index (χ3v) is 6.63. The van der Waals surface area contributed by atoms with Gasteiger partial charge < -0.3 is 25.4 Å². The van der Waals surface area contributed by atoms with Crippen molar-refractivity contribution >= 4 is 52.3 Å². The van der Waals surface area contributed by atoms with Gasteiger partial charge in [0.1, 0.15) is 17.1 Å². The number of amides is 3. The minimum Gasteiger partial charge on any atom is -0.493 e. The lowest BCUT2D eigenvalue weighted by molar-refractivity contribution is -0.123. The first-order valence-electron chi connectivity index (χ1n) is 12.7. The van der Waals surface area contributed by atoms with Gasteiger partial charge in [0.15, 0.2) is 6.61 Å². The highest BCUT2D eigenvalue weighted by Crippen LogP contribution is 2.36. The SMILES string of the molecule is CCOc1cc(Cl)cc(Cl)c1C1=N[C@H](NC(=O)c2cc(F)cnc2OCC(=O)NC2CC2)C(=O)Nc2ccccc21. The number of aliphatic imine (C=N–C) groups is 1. The topological polar surface area (TPSA) is 131 Å². The first kappa shape index (κ1) is 28.3. The Kier molecular flexibility index (Phi) is 8.36. The van der Waals surface area contributed by atoms with E-state index in [2.05, 4.69) is 25.9 Å². The predicted octanol–water partition coefficient (Wildman–Crippen LogP) is 4.13. The Labute approximate surface area is 244 Å². The second-order valence-corrected chi connectivity index (χ2v) is 10.1. The van der Waals surface area contributed by atoms with E-state index >= 15 is 0 Å². The van der Waals surface area contributed by atoms with Crippen molar-refractivity contribution in [3.05, 3.63) is 81.2 Å². The Morgan fingerprint density at radius 3 is 2.66 bits per heavy atom. The number of benzene rings is 2. The number of carbonyl (C=O) groups excluding carboxylic acids is 3. The molecule has 2 aliphatic rings. The predicted molar refractivity (Wildman–Crippen MR) is 150 cm³/mol. The molecule has 10 nitrogen and oxygen atoms in total. The van der Waals surface area contributed by atoms with Crippen molar-refractivity contribution in [3.8, 4) is 11.6 Å². The van der Waals surface area contributed by atoms with Crippen LogP contribution >= 0.6 is 23.2 Å². The number of ether oxygens (including phenoxy) is 2. The van der Waals surface area contributed by atoms with Crippen molar-refractivity contribution in [1.82, 2.24) is 15.6 Å². The summed E-state index contributed by atoms with van der Waals surface area (Å²) < 4.78 is 25.3. The number of nitrogens with zero attached hydrogens (tertiary/aromatic N) is 2. The van der Waals surface area contributed by atoms with Crippen LogP contribution in [-0.4, -0.2) is 53.8 Å². The quantitative estimate of drug-likeness (QED) is 0.339. The fourth-order valence-corrected chi connectivity index (χ4v) is 4.70. The molecule has 2 aromatic carbocycles. The van der Waals surface area contributed by atoms with Crippen molar-refractivity contribution < 1.29 is 28.2 Å². The maximum absolute atomic E-state index is 14.1. The molecule has 3 aromatic rings. The monoisotopic (exact) mass is 599 g/mol. The minimum atomic E-state index is -1.49. The van der Waals surface area contributed by atoms with Crippen molar-refractivity contribution in [2.75, 3.05) is 18.5 Å². The van der Waals surface area contributed by atoms with E-state index in [1.807, 2.05) is 0 Å².